The molecule has 0 saturated heterocycles. The molecule has 4 heteroatoms. The molecule has 1 heterocycles. The van der Waals surface area contributed by atoms with Gasteiger partial charge in [0.1, 0.15) is 5.75 Å². The van der Waals surface area contributed by atoms with Gasteiger partial charge >= 0.3 is 0 Å². The summed E-state index contributed by atoms with van der Waals surface area (Å²) in [5, 5.41) is 12.2. The highest BCUT2D eigenvalue weighted by molar-refractivity contribution is 5.71. The third-order valence-corrected chi connectivity index (χ3v) is 2.75. The number of hydrogen-bond donors (Lipinski definition) is 1. The molecular formula is C15H15N3O. The number of aromatic nitrogens is 1. The Morgan fingerprint density at radius 2 is 2.16 bits per heavy atom. The summed E-state index contributed by atoms with van der Waals surface area (Å²) >= 11 is 0. The zero-order valence-corrected chi connectivity index (χ0v) is 11.0. The second kappa shape index (κ2) is 5.87. The Bertz CT molecular complexity index is 617. The minimum atomic E-state index is 0.589. The molecule has 0 atom stereocenters. The number of hydrogen-bond acceptors (Lipinski definition) is 4. The molecule has 0 bridgehead atoms. The lowest BCUT2D eigenvalue weighted by Gasteiger charge is -2.10. The summed E-state index contributed by atoms with van der Waals surface area (Å²) < 4.78 is 5.33. The predicted octanol–water partition coefficient (Wildman–Crippen LogP) is 3.06. The predicted molar refractivity (Wildman–Crippen MR) is 75.1 cm³/mol. The molecule has 0 aliphatic heterocycles. The Labute approximate surface area is 112 Å². The van der Waals surface area contributed by atoms with Crippen molar-refractivity contribution in [3.8, 4) is 23.1 Å². The molecule has 0 aliphatic carbocycles. The first-order valence-corrected chi connectivity index (χ1v) is 6.07. The van der Waals surface area contributed by atoms with Crippen LogP contribution in [-0.2, 0) is 0 Å². The average Bonchev–Trinajstić information content (AvgIpc) is 2.47. The molecule has 1 aromatic heterocycles. The van der Waals surface area contributed by atoms with Gasteiger partial charge in [-0.15, -0.1) is 0 Å². The van der Waals surface area contributed by atoms with Crippen LogP contribution < -0.4 is 10.1 Å². The minimum absolute atomic E-state index is 0.589. The maximum Gasteiger partial charge on any atom is 0.128 e. The van der Waals surface area contributed by atoms with Crippen LogP contribution in [0.3, 0.4) is 0 Å². The van der Waals surface area contributed by atoms with E-state index in [1.165, 1.54) is 0 Å². The van der Waals surface area contributed by atoms with E-state index in [4.69, 9.17) is 10.00 Å². The molecule has 1 N–H and O–H groups in total. The summed E-state index contributed by atoms with van der Waals surface area (Å²) in [6, 6.07) is 11.3. The number of nitrogens with one attached hydrogen (secondary N) is 1. The number of anilines is 1. The van der Waals surface area contributed by atoms with Crippen LogP contribution in [-0.4, -0.2) is 18.6 Å². The lowest BCUT2D eigenvalue weighted by molar-refractivity contribution is 0.416. The average molecular weight is 253 g/mol. The van der Waals surface area contributed by atoms with E-state index in [0.29, 0.717) is 11.3 Å². The summed E-state index contributed by atoms with van der Waals surface area (Å²) in [5.74, 6) is 0.708. The third kappa shape index (κ3) is 2.83. The summed E-state index contributed by atoms with van der Waals surface area (Å²) in [7, 11) is 1.61. The Morgan fingerprint density at radius 3 is 2.84 bits per heavy atom. The zero-order chi connectivity index (χ0) is 13.7. The fourth-order valence-corrected chi connectivity index (χ4v) is 1.87. The van der Waals surface area contributed by atoms with Crippen molar-refractivity contribution >= 4 is 5.69 Å². The second-order valence-corrected chi connectivity index (χ2v) is 3.99. The van der Waals surface area contributed by atoms with Crippen molar-refractivity contribution in [2.75, 3.05) is 19.0 Å². The largest absolute Gasteiger partial charge is 0.496 e. The van der Waals surface area contributed by atoms with Crippen LogP contribution in [0.2, 0.25) is 0 Å². The third-order valence-electron chi connectivity index (χ3n) is 2.75. The van der Waals surface area contributed by atoms with Gasteiger partial charge in [-0.3, -0.25) is 4.98 Å². The molecule has 0 fully saturated rings. The Kier molecular flexibility index (Phi) is 3.99. The van der Waals surface area contributed by atoms with Crippen LogP contribution in [0.4, 0.5) is 5.69 Å². The lowest BCUT2D eigenvalue weighted by atomic mass is 10.1. The van der Waals surface area contributed by atoms with Gasteiger partial charge in [-0.1, -0.05) is 0 Å². The molecule has 2 aromatic rings. The van der Waals surface area contributed by atoms with Gasteiger partial charge in [-0.05, 0) is 37.3 Å². The van der Waals surface area contributed by atoms with Gasteiger partial charge in [0, 0.05) is 24.0 Å². The molecule has 96 valence electrons. The summed E-state index contributed by atoms with van der Waals surface area (Å²) in [5.41, 5.74) is 3.19. The highest BCUT2D eigenvalue weighted by atomic mass is 16.5. The summed E-state index contributed by atoms with van der Waals surface area (Å²) in [4.78, 5) is 4.35. The van der Waals surface area contributed by atoms with Gasteiger partial charge < -0.3 is 10.1 Å². The van der Waals surface area contributed by atoms with E-state index in [2.05, 4.69) is 16.4 Å². The van der Waals surface area contributed by atoms with Crippen molar-refractivity contribution in [1.82, 2.24) is 4.98 Å². The second-order valence-electron chi connectivity index (χ2n) is 3.99. The fourth-order valence-electron chi connectivity index (χ4n) is 1.87. The molecule has 0 unspecified atom stereocenters. The Morgan fingerprint density at radius 1 is 1.32 bits per heavy atom. The first-order valence-electron chi connectivity index (χ1n) is 6.07. The topological polar surface area (TPSA) is 57.9 Å². The van der Waals surface area contributed by atoms with Gasteiger partial charge in [0.15, 0.2) is 0 Å². The Balaban J connectivity index is 2.50. The van der Waals surface area contributed by atoms with E-state index in [9.17, 15) is 0 Å². The minimum Gasteiger partial charge on any atom is -0.496 e. The smallest absolute Gasteiger partial charge is 0.128 e. The zero-order valence-electron chi connectivity index (χ0n) is 11.0. The summed E-state index contributed by atoms with van der Waals surface area (Å²) in [6.07, 6.45) is 1.74. The first kappa shape index (κ1) is 12.9. The number of methoxy groups -OCH3 is 1. The van der Waals surface area contributed by atoms with Crippen molar-refractivity contribution in [3.63, 3.8) is 0 Å². The van der Waals surface area contributed by atoms with Gasteiger partial charge in [-0.2, -0.15) is 5.26 Å². The SMILES string of the molecule is CCNc1ccnc(-c2cc(C#N)ccc2OC)c1. The normalized spacial score (nSPS) is 9.74. The maximum absolute atomic E-state index is 8.99. The highest BCUT2D eigenvalue weighted by Crippen LogP contribution is 2.30. The monoisotopic (exact) mass is 253 g/mol. The van der Waals surface area contributed by atoms with Crippen LogP contribution in [0.25, 0.3) is 11.3 Å². The van der Waals surface area contributed by atoms with Crippen molar-refractivity contribution in [3.05, 3.63) is 42.1 Å². The first-order chi connectivity index (χ1) is 9.28. The molecule has 4 nitrogen and oxygen atoms in total. The lowest BCUT2D eigenvalue weighted by Crippen LogP contribution is -1.97. The Hall–Kier alpha value is -2.54. The molecule has 0 spiro atoms. The van der Waals surface area contributed by atoms with E-state index in [1.807, 2.05) is 19.1 Å². The van der Waals surface area contributed by atoms with Crippen molar-refractivity contribution in [2.24, 2.45) is 0 Å². The number of nitrogens with zero attached hydrogens (tertiary/aromatic N) is 2. The van der Waals surface area contributed by atoms with Crippen LogP contribution in [0.15, 0.2) is 36.5 Å². The number of benzene rings is 1. The molecule has 19 heavy (non-hydrogen) atoms. The van der Waals surface area contributed by atoms with Crippen LogP contribution >= 0.6 is 0 Å². The maximum atomic E-state index is 8.99. The van der Waals surface area contributed by atoms with Crippen LogP contribution in [0.5, 0.6) is 5.75 Å². The van der Waals surface area contributed by atoms with Gasteiger partial charge in [0.2, 0.25) is 0 Å². The van der Waals surface area contributed by atoms with Crippen molar-refractivity contribution in [1.29, 1.82) is 5.26 Å². The van der Waals surface area contributed by atoms with Gasteiger partial charge in [0.05, 0.1) is 24.4 Å². The molecule has 1 aromatic carbocycles. The number of nitriles is 1. The molecular weight excluding hydrogens is 238 g/mol. The fraction of sp³-hybridized carbons (Fsp3) is 0.200. The molecule has 2 rings (SSSR count). The van der Waals surface area contributed by atoms with E-state index >= 15 is 0 Å². The quantitative estimate of drug-likeness (QED) is 0.909. The van der Waals surface area contributed by atoms with Gasteiger partial charge in [0.25, 0.3) is 0 Å². The standard InChI is InChI=1S/C15H15N3O/c1-3-17-12-6-7-18-14(9-12)13-8-11(10-16)4-5-15(13)19-2/h4-9H,3H2,1-2H3,(H,17,18). The molecule has 0 amide bonds. The van der Waals surface area contributed by atoms with E-state index in [0.717, 1.165) is 23.5 Å². The number of ether oxygens (including phenoxy) is 1. The van der Waals surface area contributed by atoms with Crippen molar-refractivity contribution < 1.29 is 4.74 Å². The molecule has 0 radical (unpaired) electrons. The van der Waals surface area contributed by atoms with Crippen molar-refractivity contribution in [2.45, 2.75) is 6.92 Å². The van der Waals surface area contributed by atoms with Crippen LogP contribution in [0.1, 0.15) is 12.5 Å². The number of pyridine rings is 1. The highest BCUT2D eigenvalue weighted by Gasteiger charge is 2.09. The van der Waals surface area contributed by atoms with Gasteiger partial charge in [-0.25, -0.2) is 0 Å². The van der Waals surface area contributed by atoms with E-state index in [1.54, 1.807) is 31.5 Å². The van der Waals surface area contributed by atoms with E-state index < -0.39 is 0 Å². The van der Waals surface area contributed by atoms with E-state index in [-0.39, 0.29) is 0 Å². The summed E-state index contributed by atoms with van der Waals surface area (Å²) in [6.45, 7) is 2.88. The molecule has 0 saturated carbocycles. The van der Waals surface area contributed by atoms with Crippen LogP contribution in [0, 0.1) is 11.3 Å². The molecule has 0 aliphatic rings. The number of rotatable bonds is 4.